The Morgan fingerprint density at radius 3 is 2.57 bits per heavy atom. The first-order chi connectivity index (χ1) is 9.66. The number of carbonyl (C=O) groups excluding carboxylic acids is 1. The Labute approximate surface area is 122 Å². The second kappa shape index (κ2) is 6.62. The van der Waals surface area contributed by atoms with E-state index >= 15 is 0 Å². The normalized spacial score (nSPS) is 12.8. The molecule has 21 heavy (non-hydrogen) atoms. The fourth-order valence-corrected chi connectivity index (χ4v) is 1.94. The lowest BCUT2D eigenvalue weighted by atomic mass is 9.84. The molecular weight excluding hydrogens is 279 g/mol. The van der Waals surface area contributed by atoms with Crippen molar-refractivity contribution < 1.29 is 19.2 Å². The van der Waals surface area contributed by atoms with Gasteiger partial charge in [0.05, 0.1) is 4.92 Å². The monoisotopic (exact) mass is 298 g/mol. The van der Waals surface area contributed by atoms with Crippen molar-refractivity contribution in [3.63, 3.8) is 0 Å². The number of nitro benzene ring substituents is 1. The highest BCUT2D eigenvalue weighted by Gasteiger charge is 2.28. The van der Waals surface area contributed by atoms with Crippen molar-refractivity contribution in [2.24, 2.45) is 5.41 Å². The van der Waals surface area contributed by atoms with Crippen LogP contribution < -0.4 is 5.32 Å². The number of nitrogens with one attached hydrogen (secondary N) is 1. The third kappa shape index (κ3) is 4.49. The summed E-state index contributed by atoms with van der Waals surface area (Å²) < 4.78 is 13.2. The number of benzene rings is 1. The van der Waals surface area contributed by atoms with Crippen LogP contribution in [0.2, 0.25) is 0 Å². The number of aliphatic hydroxyl groups is 1. The topological polar surface area (TPSA) is 92.5 Å². The van der Waals surface area contributed by atoms with Crippen molar-refractivity contribution in [3.05, 3.63) is 39.7 Å². The molecule has 0 aliphatic heterocycles. The lowest BCUT2D eigenvalue weighted by Gasteiger charge is -2.31. The standard InChI is InChI=1S/C14H19FN2O4/c1-14(2,3)12(6-7-18)16-13(19)10-8-9(15)4-5-11(10)17(20)21/h4-5,8,12,18H,6-7H2,1-3H3,(H,16,19). The molecule has 0 heterocycles. The zero-order valence-electron chi connectivity index (χ0n) is 12.2. The quantitative estimate of drug-likeness (QED) is 0.644. The van der Waals surface area contributed by atoms with E-state index in [0.717, 1.165) is 18.2 Å². The summed E-state index contributed by atoms with van der Waals surface area (Å²) in [4.78, 5) is 22.4. The van der Waals surface area contributed by atoms with Gasteiger partial charge in [-0.25, -0.2) is 4.39 Å². The fourth-order valence-electron chi connectivity index (χ4n) is 1.94. The number of carbonyl (C=O) groups is 1. The molecule has 1 aromatic rings. The van der Waals surface area contributed by atoms with E-state index in [1.807, 2.05) is 20.8 Å². The van der Waals surface area contributed by atoms with Crippen LogP contribution in [0.4, 0.5) is 10.1 Å². The van der Waals surface area contributed by atoms with Gasteiger partial charge in [-0.15, -0.1) is 0 Å². The van der Waals surface area contributed by atoms with Crippen LogP contribution in [-0.4, -0.2) is 28.6 Å². The maximum atomic E-state index is 13.2. The van der Waals surface area contributed by atoms with Crippen LogP contribution in [-0.2, 0) is 0 Å². The molecule has 1 rings (SSSR count). The Morgan fingerprint density at radius 1 is 1.48 bits per heavy atom. The van der Waals surface area contributed by atoms with Crippen molar-refractivity contribution >= 4 is 11.6 Å². The van der Waals surface area contributed by atoms with Gasteiger partial charge in [-0.1, -0.05) is 20.8 Å². The Bertz CT molecular complexity index is 540. The molecule has 0 fully saturated rings. The first-order valence-electron chi connectivity index (χ1n) is 6.52. The van der Waals surface area contributed by atoms with Gasteiger partial charge in [0.25, 0.3) is 11.6 Å². The van der Waals surface area contributed by atoms with E-state index in [0.29, 0.717) is 6.42 Å². The number of aliphatic hydroxyl groups excluding tert-OH is 1. The molecule has 6 nitrogen and oxygen atoms in total. The van der Waals surface area contributed by atoms with Crippen LogP contribution in [0.15, 0.2) is 18.2 Å². The number of nitrogens with zero attached hydrogens (tertiary/aromatic N) is 1. The summed E-state index contributed by atoms with van der Waals surface area (Å²) in [5.41, 5.74) is -1.13. The number of amides is 1. The summed E-state index contributed by atoms with van der Waals surface area (Å²) in [6.07, 6.45) is 0.304. The minimum Gasteiger partial charge on any atom is -0.396 e. The zero-order valence-corrected chi connectivity index (χ0v) is 12.2. The molecule has 1 unspecified atom stereocenters. The molecule has 2 N–H and O–H groups in total. The second-order valence-electron chi connectivity index (χ2n) is 5.82. The molecule has 0 spiro atoms. The predicted molar refractivity (Wildman–Crippen MR) is 75.5 cm³/mol. The van der Waals surface area contributed by atoms with E-state index in [2.05, 4.69) is 5.32 Å². The van der Waals surface area contributed by atoms with E-state index in [1.54, 1.807) is 0 Å². The van der Waals surface area contributed by atoms with Crippen LogP contribution in [0.1, 0.15) is 37.6 Å². The summed E-state index contributed by atoms with van der Waals surface area (Å²) in [5.74, 6) is -1.45. The molecular formula is C14H19FN2O4. The van der Waals surface area contributed by atoms with E-state index in [1.165, 1.54) is 0 Å². The summed E-state index contributed by atoms with van der Waals surface area (Å²) >= 11 is 0. The highest BCUT2D eigenvalue weighted by atomic mass is 19.1. The largest absolute Gasteiger partial charge is 0.396 e. The van der Waals surface area contributed by atoms with E-state index < -0.39 is 28.4 Å². The Hall–Kier alpha value is -2.02. The number of rotatable bonds is 5. The van der Waals surface area contributed by atoms with Gasteiger partial charge in [0, 0.05) is 18.7 Å². The van der Waals surface area contributed by atoms with Crippen molar-refractivity contribution in [2.45, 2.75) is 33.2 Å². The molecule has 0 bridgehead atoms. The van der Waals surface area contributed by atoms with E-state index in [-0.39, 0.29) is 17.6 Å². The van der Waals surface area contributed by atoms with Crippen molar-refractivity contribution in [1.29, 1.82) is 0 Å². The summed E-state index contributed by atoms with van der Waals surface area (Å²) in [7, 11) is 0. The van der Waals surface area contributed by atoms with Gasteiger partial charge in [-0.05, 0) is 24.0 Å². The van der Waals surface area contributed by atoms with Gasteiger partial charge in [0.2, 0.25) is 0 Å². The molecule has 0 saturated heterocycles. The number of nitro groups is 1. The average molecular weight is 298 g/mol. The summed E-state index contributed by atoms with van der Waals surface area (Å²) in [6.45, 7) is 5.47. The van der Waals surface area contributed by atoms with Crippen LogP contribution in [0.3, 0.4) is 0 Å². The van der Waals surface area contributed by atoms with Crippen LogP contribution in [0, 0.1) is 21.3 Å². The van der Waals surface area contributed by atoms with Crippen molar-refractivity contribution in [3.8, 4) is 0 Å². The van der Waals surface area contributed by atoms with E-state index in [4.69, 9.17) is 5.11 Å². The number of halogens is 1. The van der Waals surface area contributed by atoms with E-state index in [9.17, 15) is 19.3 Å². The minimum absolute atomic E-state index is 0.131. The second-order valence-corrected chi connectivity index (χ2v) is 5.82. The highest BCUT2D eigenvalue weighted by molar-refractivity contribution is 5.98. The van der Waals surface area contributed by atoms with Gasteiger partial charge >= 0.3 is 0 Å². The summed E-state index contributed by atoms with van der Waals surface area (Å²) in [6, 6.07) is 2.34. The smallest absolute Gasteiger partial charge is 0.282 e. The Morgan fingerprint density at radius 2 is 2.10 bits per heavy atom. The predicted octanol–water partition coefficient (Wildman–Crippen LogP) is 2.26. The average Bonchev–Trinajstić information content (AvgIpc) is 2.36. The molecule has 1 aromatic carbocycles. The van der Waals surface area contributed by atoms with Gasteiger partial charge in [0.15, 0.2) is 0 Å². The molecule has 0 radical (unpaired) electrons. The van der Waals surface area contributed by atoms with Crippen LogP contribution >= 0.6 is 0 Å². The third-order valence-electron chi connectivity index (χ3n) is 3.17. The van der Waals surface area contributed by atoms with Gasteiger partial charge in [0.1, 0.15) is 11.4 Å². The SMILES string of the molecule is CC(C)(C)C(CCO)NC(=O)c1cc(F)ccc1[N+](=O)[O-]. The number of hydrogen-bond acceptors (Lipinski definition) is 4. The summed E-state index contributed by atoms with van der Waals surface area (Å²) in [5, 5.41) is 22.6. The molecule has 116 valence electrons. The van der Waals surface area contributed by atoms with Crippen molar-refractivity contribution in [2.75, 3.05) is 6.61 Å². The minimum atomic E-state index is -0.730. The lowest BCUT2D eigenvalue weighted by molar-refractivity contribution is -0.385. The zero-order chi connectivity index (χ0) is 16.2. The highest BCUT2D eigenvalue weighted by Crippen LogP contribution is 2.24. The molecule has 0 aliphatic rings. The Kier molecular flexibility index (Phi) is 5.37. The molecule has 1 amide bonds. The van der Waals surface area contributed by atoms with Crippen LogP contribution in [0.5, 0.6) is 0 Å². The molecule has 0 saturated carbocycles. The first-order valence-corrected chi connectivity index (χ1v) is 6.52. The fraction of sp³-hybridized carbons (Fsp3) is 0.500. The maximum Gasteiger partial charge on any atom is 0.282 e. The Balaban J connectivity index is 3.08. The molecule has 0 aliphatic carbocycles. The van der Waals surface area contributed by atoms with Gasteiger partial charge in [-0.3, -0.25) is 14.9 Å². The number of hydrogen-bond donors (Lipinski definition) is 2. The molecule has 7 heteroatoms. The first kappa shape index (κ1) is 17.0. The van der Waals surface area contributed by atoms with Gasteiger partial charge in [-0.2, -0.15) is 0 Å². The van der Waals surface area contributed by atoms with Crippen molar-refractivity contribution in [1.82, 2.24) is 5.32 Å². The van der Waals surface area contributed by atoms with Crippen LogP contribution in [0.25, 0.3) is 0 Å². The third-order valence-corrected chi connectivity index (χ3v) is 3.17. The maximum absolute atomic E-state index is 13.2. The molecule has 1 atom stereocenters. The lowest BCUT2D eigenvalue weighted by Crippen LogP contribution is -2.44. The molecule has 0 aromatic heterocycles. The van der Waals surface area contributed by atoms with Gasteiger partial charge < -0.3 is 10.4 Å².